The zero-order valence-corrected chi connectivity index (χ0v) is 9.61. The highest BCUT2D eigenvalue weighted by molar-refractivity contribution is 5.99. The highest BCUT2D eigenvalue weighted by atomic mass is 16.3. The molecule has 0 radical (unpaired) electrons. The molecule has 90 valence electrons. The Kier molecular flexibility index (Phi) is 2.74. The molecule has 0 saturated heterocycles. The lowest BCUT2D eigenvalue weighted by atomic mass is 10.1. The van der Waals surface area contributed by atoms with E-state index in [4.69, 9.17) is 0 Å². The van der Waals surface area contributed by atoms with Crippen molar-refractivity contribution in [2.75, 3.05) is 5.32 Å². The molecule has 0 spiro atoms. The summed E-state index contributed by atoms with van der Waals surface area (Å²) < 4.78 is 0. The normalized spacial score (nSPS) is 15.3. The minimum absolute atomic E-state index is 0.440. The van der Waals surface area contributed by atoms with Crippen molar-refractivity contribution in [3.8, 4) is 0 Å². The van der Waals surface area contributed by atoms with E-state index in [-0.39, 0.29) is 0 Å². The van der Waals surface area contributed by atoms with Crippen molar-refractivity contribution >= 4 is 11.7 Å². The molecule has 2 heterocycles. The number of nitrogens with zero attached hydrogens (tertiary/aromatic N) is 3. The van der Waals surface area contributed by atoms with Gasteiger partial charge in [-0.1, -0.05) is 30.3 Å². The third-order valence-electron chi connectivity index (χ3n) is 2.79. The molecule has 0 amide bonds. The van der Waals surface area contributed by atoms with E-state index in [1.165, 1.54) is 0 Å². The van der Waals surface area contributed by atoms with Crippen LogP contribution in [0.25, 0.3) is 0 Å². The maximum Gasteiger partial charge on any atom is 0.155 e. The van der Waals surface area contributed by atoms with Crippen molar-refractivity contribution in [3.63, 3.8) is 0 Å². The van der Waals surface area contributed by atoms with E-state index in [1.54, 1.807) is 12.4 Å². The average Bonchev–Trinajstić information content (AvgIpc) is 2.47. The van der Waals surface area contributed by atoms with E-state index < -0.39 is 6.10 Å². The lowest BCUT2D eigenvalue weighted by molar-refractivity contribution is 0.246. The third kappa shape index (κ3) is 1.96. The molecule has 1 aromatic carbocycles. The summed E-state index contributed by atoms with van der Waals surface area (Å²) in [5.41, 5.74) is 1.60. The number of aromatic nitrogens is 2. The zero-order valence-electron chi connectivity index (χ0n) is 9.61. The molecule has 0 saturated carbocycles. The van der Waals surface area contributed by atoms with Gasteiger partial charge in [0.15, 0.2) is 5.82 Å². The van der Waals surface area contributed by atoms with Gasteiger partial charge in [0, 0.05) is 12.4 Å². The number of nitrogens with one attached hydrogen (secondary N) is 1. The molecular weight excluding hydrogens is 228 g/mol. The fraction of sp³-hybridized carbons (Fsp3) is 0.154. The summed E-state index contributed by atoms with van der Waals surface area (Å²) in [6, 6.07) is 9.40. The molecular formula is C13H12N4O. The van der Waals surface area contributed by atoms with E-state index in [0.29, 0.717) is 18.2 Å². The first-order chi connectivity index (χ1) is 8.84. The smallest absolute Gasteiger partial charge is 0.155 e. The van der Waals surface area contributed by atoms with Crippen molar-refractivity contribution < 1.29 is 5.11 Å². The van der Waals surface area contributed by atoms with Crippen LogP contribution in [0.4, 0.5) is 5.82 Å². The van der Waals surface area contributed by atoms with Crippen molar-refractivity contribution in [3.05, 3.63) is 54.0 Å². The van der Waals surface area contributed by atoms with E-state index >= 15 is 0 Å². The minimum Gasteiger partial charge on any atom is -0.380 e. The van der Waals surface area contributed by atoms with Gasteiger partial charge in [-0.05, 0) is 5.56 Å². The van der Waals surface area contributed by atoms with Gasteiger partial charge in [0.25, 0.3) is 0 Å². The second kappa shape index (κ2) is 4.54. The highest BCUT2D eigenvalue weighted by Crippen LogP contribution is 2.21. The maximum absolute atomic E-state index is 10.2. The largest absolute Gasteiger partial charge is 0.380 e. The predicted octanol–water partition coefficient (Wildman–Crippen LogP) is 1.53. The quantitative estimate of drug-likeness (QED) is 0.835. The summed E-state index contributed by atoms with van der Waals surface area (Å²) in [6.45, 7) is 0.440. The summed E-state index contributed by atoms with van der Waals surface area (Å²) in [5.74, 6) is 1.17. The first-order valence-corrected chi connectivity index (χ1v) is 5.69. The summed E-state index contributed by atoms with van der Waals surface area (Å²) in [7, 11) is 0. The molecule has 0 aliphatic carbocycles. The molecule has 1 aromatic heterocycles. The van der Waals surface area contributed by atoms with Crippen molar-refractivity contribution in [2.24, 2.45) is 4.99 Å². The van der Waals surface area contributed by atoms with Crippen molar-refractivity contribution in [1.29, 1.82) is 0 Å². The summed E-state index contributed by atoms with van der Waals surface area (Å²) in [6.07, 6.45) is 2.49. The van der Waals surface area contributed by atoms with E-state index in [0.717, 1.165) is 11.3 Å². The van der Waals surface area contributed by atoms with E-state index in [1.807, 2.05) is 30.3 Å². The fourth-order valence-electron chi connectivity index (χ4n) is 1.86. The summed E-state index contributed by atoms with van der Waals surface area (Å²) in [5, 5.41) is 13.3. The minimum atomic E-state index is -0.763. The zero-order chi connectivity index (χ0) is 12.4. The molecule has 2 N–H and O–H groups in total. The van der Waals surface area contributed by atoms with Gasteiger partial charge in [-0.2, -0.15) is 0 Å². The third-order valence-corrected chi connectivity index (χ3v) is 2.79. The number of aliphatic imine (C=N–C) groups is 1. The number of hydrogen-bond acceptors (Lipinski definition) is 5. The van der Waals surface area contributed by atoms with Crippen LogP contribution < -0.4 is 5.32 Å². The van der Waals surface area contributed by atoms with Gasteiger partial charge in [-0.3, -0.25) is 9.98 Å². The van der Waals surface area contributed by atoms with Crippen LogP contribution in [0.3, 0.4) is 0 Å². The summed E-state index contributed by atoms with van der Waals surface area (Å²) >= 11 is 0. The number of amidine groups is 1. The summed E-state index contributed by atoms with van der Waals surface area (Å²) in [4.78, 5) is 12.7. The van der Waals surface area contributed by atoms with Crippen LogP contribution in [-0.2, 0) is 6.54 Å². The number of aliphatic hydroxyl groups is 1. The fourth-order valence-corrected chi connectivity index (χ4v) is 1.86. The van der Waals surface area contributed by atoms with Gasteiger partial charge in [0.05, 0.1) is 6.54 Å². The monoisotopic (exact) mass is 240 g/mol. The second-order valence-electron chi connectivity index (χ2n) is 3.99. The Balaban J connectivity index is 1.86. The molecule has 18 heavy (non-hydrogen) atoms. The second-order valence-corrected chi connectivity index (χ2v) is 3.99. The standard InChI is InChI=1S/C13H12N4O/c18-11(9-4-2-1-3-5-9)13-16-8-10-12(17-13)15-7-6-14-10/h1-7,11,18H,8H2,(H,15,16,17). The molecule has 1 unspecified atom stereocenters. The van der Waals surface area contributed by atoms with Crippen LogP contribution in [0.15, 0.2) is 47.7 Å². The molecule has 1 atom stereocenters. The topological polar surface area (TPSA) is 70.4 Å². The number of fused-ring (bicyclic) bond motifs is 1. The molecule has 2 aromatic rings. The lowest BCUT2D eigenvalue weighted by Gasteiger charge is -2.20. The van der Waals surface area contributed by atoms with Gasteiger partial charge >= 0.3 is 0 Å². The first-order valence-electron chi connectivity index (χ1n) is 5.69. The first kappa shape index (κ1) is 10.9. The van der Waals surface area contributed by atoms with Crippen LogP contribution in [0.1, 0.15) is 17.4 Å². The Hall–Kier alpha value is -2.27. The number of benzene rings is 1. The molecule has 0 bridgehead atoms. The van der Waals surface area contributed by atoms with Crippen molar-refractivity contribution in [2.45, 2.75) is 12.6 Å². The Labute approximate surface area is 104 Å². The van der Waals surface area contributed by atoms with Gasteiger partial charge in [-0.25, -0.2) is 4.98 Å². The number of hydrogen-bond donors (Lipinski definition) is 2. The molecule has 3 rings (SSSR count). The number of rotatable bonds is 2. The molecule has 1 aliphatic rings. The Morgan fingerprint density at radius 2 is 1.89 bits per heavy atom. The maximum atomic E-state index is 10.2. The van der Waals surface area contributed by atoms with Gasteiger partial charge in [0.1, 0.15) is 17.6 Å². The predicted molar refractivity (Wildman–Crippen MR) is 68.2 cm³/mol. The molecule has 1 aliphatic heterocycles. The van der Waals surface area contributed by atoms with Crippen molar-refractivity contribution in [1.82, 2.24) is 9.97 Å². The SMILES string of the molecule is OC(C1=NCc2nccnc2N1)c1ccccc1. The van der Waals surface area contributed by atoms with Gasteiger partial charge in [0.2, 0.25) is 0 Å². The number of aliphatic hydroxyl groups excluding tert-OH is 1. The Morgan fingerprint density at radius 1 is 1.11 bits per heavy atom. The molecule has 0 fully saturated rings. The van der Waals surface area contributed by atoms with Crippen LogP contribution >= 0.6 is 0 Å². The Morgan fingerprint density at radius 3 is 2.72 bits per heavy atom. The lowest BCUT2D eigenvalue weighted by Crippen LogP contribution is -2.26. The average molecular weight is 240 g/mol. The van der Waals surface area contributed by atoms with E-state index in [9.17, 15) is 5.11 Å². The van der Waals surface area contributed by atoms with Crippen LogP contribution in [0.2, 0.25) is 0 Å². The highest BCUT2D eigenvalue weighted by Gasteiger charge is 2.20. The Bertz CT molecular complexity index is 583. The van der Waals surface area contributed by atoms with Gasteiger partial charge < -0.3 is 10.4 Å². The van der Waals surface area contributed by atoms with Gasteiger partial charge in [-0.15, -0.1) is 0 Å². The molecule has 5 heteroatoms. The van der Waals surface area contributed by atoms with Crippen LogP contribution in [0.5, 0.6) is 0 Å². The van der Waals surface area contributed by atoms with Crippen LogP contribution in [-0.4, -0.2) is 20.9 Å². The number of anilines is 1. The van der Waals surface area contributed by atoms with E-state index in [2.05, 4.69) is 20.3 Å². The molecule has 5 nitrogen and oxygen atoms in total. The van der Waals surface area contributed by atoms with Crippen LogP contribution in [0, 0.1) is 0 Å².